The Morgan fingerprint density at radius 3 is 2.91 bits per heavy atom. The average Bonchev–Trinajstić information content (AvgIpc) is 3.20. The Hall–Kier alpha value is -2.56. The maximum absolute atomic E-state index is 14.3. The van der Waals surface area contributed by atoms with Gasteiger partial charge in [0.2, 0.25) is 5.91 Å². The summed E-state index contributed by atoms with van der Waals surface area (Å²) in [6, 6.07) is 8.71. The van der Waals surface area contributed by atoms with Crippen LogP contribution >= 0.6 is 0 Å². The van der Waals surface area contributed by atoms with Crippen LogP contribution in [0, 0.1) is 5.82 Å². The number of carbonyl (C=O) groups is 1. The summed E-state index contributed by atoms with van der Waals surface area (Å²) >= 11 is 0. The maximum atomic E-state index is 14.3. The number of halogens is 1. The molecule has 0 aliphatic carbocycles. The van der Waals surface area contributed by atoms with Crippen LogP contribution in [0.15, 0.2) is 30.3 Å². The van der Waals surface area contributed by atoms with Crippen LogP contribution in [0.2, 0.25) is 0 Å². The van der Waals surface area contributed by atoms with Crippen LogP contribution < -0.4 is 14.4 Å². The highest BCUT2D eigenvalue weighted by atomic mass is 19.1. The molecule has 1 atom stereocenters. The van der Waals surface area contributed by atoms with Gasteiger partial charge in [-0.25, -0.2) is 4.39 Å². The molecule has 0 bridgehead atoms. The van der Waals surface area contributed by atoms with Gasteiger partial charge in [0.05, 0.1) is 12.3 Å². The number of benzene rings is 2. The summed E-state index contributed by atoms with van der Waals surface area (Å²) in [5.41, 5.74) is 1.99. The van der Waals surface area contributed by atoms with Gasteiger partial charge >= 0.3 is 0 Å². The molecule has 3 heterocycles. The lowest BCUT2D eigenvalue weighted by molar-refractivity contribution is -0.121. The molecule has 2 aromatic carbocycles. The molecule has 4 nitrogen and oxygen atoms in total. The molecule has 1 amide bonds. The quantitative estimate of drug-likeness (QED) is 0.750. The molecule has 0 aromatic heterocycles. The van der Waals surface area contributed by atoms with E-state index >= 15 is 0 Å². The van der Waals surface area contributed by atoms with Gasteiger partial charge in [0.25, 0.3) is 0 Å². The van der Waals surface area contributed by atoms with Crippen LogP contribution in [-0.2, 0) is 16.6 Å². The van der Waals surface area contributed by atoms with E-state index in [4.69, 9.17) is 9.47 Å². The Morgan fingerprint density at radius 1 is 1.17 bits per heavy atom. The number of likely N-dealkylation sites (N-methyl/N-ethyl adjacent to an activating group) is 1. The minimum atomic E-state index is -0.945. The van der Waals surface area contributed by atoms with Gasteiger partial charge in [0, 0.05) is 30.7 Å². The highest BCUT2D eigenvalue weighted by Gasteiger charge is 2.57. The molecule has 116 valence electrons. The van der Waals surface area contributed by atoms with E-state index in [-0.39, 0.29) is 18.3 Å². The number of hydrogen-bond acceptors (Lipinski definition) is 3. The second-order valence-electron chi connectivity index (χ2n) is 6.25. The van der Waals surface area contributed by atoms with Crippen LogP contribution in [0.1, 0.15) is 16.7 Å². The predicted molar refractivity (Wildman–Crippen MR) is 81.7 cm³/mol. The average molecular weight is 311 g/mol. The molecule has 0 N–H and O–H groups in total. The SMILES string of the molecule is CN1C(=O)C2(COc3cc4c(cc32)CCO4)c2cccc(F)c21. The van der Waals surface area contributed by atoms with E-state index in [2.05, 4.69) is 0 Å². The number of fused-ring (bicyclic) bond motifs is 5. The summed E-state index contributed by atoms with van der Waals surface area (Å²) in [6.45, 7) is 0.842. The van der Waals surface area contributed by atoms with Gasteiger partial charge < -0.3 is 14.4 Å². The second kappa shape index (κ2) is 4.04. The van der Waals surface area contributed by atoms with Crippen molar-refractivity contribution in [3.63, 3.8) is 0 Å². The molecule has 1 spiro atoms. The molecule has 3 aliphatic heterocycles. The fourth-order valence-electron chi connectivity index (χ4n) is 4.03. The topological polar surface area (TPSA) is 38.8 Å². The normalized spacial score (nSPS) is 23.6. The summed E-state index contributed by atoms with van der Waals surface area (Å²) in [4.78, 5) is 14.5. The molecule has 5 heteroatoms. The van der Waals surface area contributed by atoms with E-state index < -0.39 is 5.41 Å². The Morgan fingerprint density at radius 2 is 2.04 bits per heavy atom. The Balaban J connectivity index is 1.81. The Labute approximate surface area is 132 Å². The van der Waals surface area contributed by atoms with E-state index in [9.17, 15) is 9.18 Å². The summed E-state index contributed by atoms with van der Waals surface area (Å²) in [6.07, 6.45) is 0.818. The molecule has 5 rings (SSSR count). The standard InChI is InChI=1S/C18H14FNO3/c1-20-16-11(3-2-4-13(16)19)18(17(20)21)9-23-15-8-14-10(5-6-22-14)7-12(15)18/h2-4,7-8H,5-6,9H2,1H3. The lowest BCUT2D eigenvalue weighted by Gasteiger charge is -2.21. The van der Waals surface area contributed by atoms with Gasteiger partial charge in [0.15, 0.2) is 0 Å². The third-order valence-electron chi connectivity index (χ3n) is 5.15. The first kappa shape index (κ1) is 12.9. The number of carbonyl (C=O) groups excluding carboxylic acids is 1. The van der Waals surface area contributed by atoms with Crippen molar-refractivity contribution in [1.29, 1.82) is 0 Å². The first-order chi connectivity index (χ1) is 11.1. The number of anilines is 1. The summed E-state index contributed by atoms with van der Waals surface area (Å²) in [7, 11) is 1.62. The summed E-state index contributed by atoms with van der Waals surface area (Å²) in [5, 5.41) is 0. The number of amides is 1. The highest BCUT2D eigenvalue weighted by molar-refractivity contribution is 6.11. The van der Waals surface area contributed by atoms with E-state index in [1.165, 1.54) is 11.0 Å². The first-order valence-corrected chi connectivity index (χ1v) is 7.63. The molecule has 0 radical (unpaired) electrons. The largest absolute Gasteiger partial charge is 0.493 e. The van der Waals surface area contributed by atoms with Crippen LogP contribution in [0.3, 0.4) is 0 Å². The van der Waals surface area contributed by atoms with Crippen LogP contribution in [0.4, 0.5) is 10.1 Å². The third kappa shape index (κ3) is 1.38. The number of rotatable bonds is 0. The van der Waals surface area contributed by atoms with Gasteiger partial charge in [-0.2, -0.15) is 0 Å². The van der Waals surface area contributed by atoms with Gasteiger partial charge in [-0.05, 0) is 17.7 Å². The summed E-state index contributed by atoms with van der Waals surface area (Å²) in [5.74, 6) is 0.951. The van der Waals surface area contributed by atoms with Crippen molar-refractivity contribution in [2.75, 3.05) is 25.2 Å². The summed E-state index contributed by atoms with van der Waals surface area (Å²) < 4.78 is 25.7. The van der Waals surface area contributed by atoms with Crippen LogP contribution in [-0.4, -0.2) is 26.2 Å². The molecule has 0 saturated carbocycles. The van der Waals surface area contributed by atoms with E-state index in [0.717, 1.165) is 23.3 Å². The van der Waals surface area contributed by atoms with Crippen molar-refractivity contribution < 1.29 is 18.7 Å². The molecule has 0 saturated heterocycles. The number of nitrogens with zero attached hydrogens (tertiary/aromatic N) is 1. The zero-order valence-electron chi connectivity index (χ0n) is 12.6. The smallest absolute Gasteiger partial charge is 0.245 e. The van der Waals surface area contributed by atoms with Crippen molar-refractivity contribution in [2.24, 2.45) is 0 Å². The molecular weight excluding hydrogens is 297 g/mol. The number of hydrogen-bond donors (Lipinski definition) is 0. The van der Waals surface area contributed by atoms with Gasteiger partial charge in [-0.3, -0.25) is 4.79 Å². The minimum absolute atomic E-state index is 0.143. The molecule has 3 aliphatic rings. The molecule has 2 aromatic rings. The van der Waals surface area contributed by atoms with E-state index in [1.54, 1.807) is 13.1 Å². The highest BCUT2D eigenvalue weighted by Crippen LogP contribution is 2.54. The molecule has 23 heavy (non-hydrogen) atoms. The number of para-hydroxylation sites is 1. The number of ether oxygens (including phenoxy) is 2. The predicted octanol–water partition coefficient (Wildman–Crippen LogP) is 2.42. The van der Waals surface area contributed by atoms with Crippen LogP contribution in [0.25, 0.3) is 0 Å². The van der Waals surface area contributed by atoms with Crippen molar-refractivity contribution in [2.45, 2.75) is 11.8 Å². The lowest BCUT2D eigenvalue weighted by atomic mass is 9.76. The second-order valence-corrected chi connectivity index (χ2v) is 6.25. The van der Waals surface area contributed by atoms with Crippen molar-refractivity contribution >= 4 is 11.6 Å². The van der Waals surface area contributed by atoms with E-state index in [1.807, 2.05) is 18.2 Å². The van der Waals surface area contributed by atoms with E-state index in [0.29, 0.717) is 23.6 Å². The lowest BCUT2D eigenvalue weighted by Crippen LogP contribution is -2.41. The fraction of sp³-hybridized carbons (Fsp3) is 0.278. The first-order valence-electron chi connectivity index (χ1n) is 7.63. The van der Waals surface area contributed by atoms with Crippen molar-refractivity contribution in [3.8, 4) is 11.5 Å². The Kier molecular flexibility index (Phi) is 2.27. The zero-order chi connectivity index (χ0) is 15.8. The minimum Gasteiger partial charge on any atom is -0.493 e. The third-order valence-corrected chi connectivity index (χ3v) is 5.15. The zero-order valence-corrected chi connectivity index (χ0v) is 12.6. The Bertz CT molecular complexity index is 879. The van der Waals surface area contributed by atoms with Gasteiger partial charge in [-0.15, -0.1) is 0 Å². The monoisotopic (exact) mass is 311 g/mol. The fourth-order valence-corrected chi connectivity index (χ4v) is 4.03. The van der Waals surface area contributed by atoms with Gasteiger partial charge in [-0.1, -0.05) is 12.1 Å². The molecule has 0 fully saturated rings. The van der Waals surface area contributed by atoms with Gasteiger partial charge in [0.1, 0.15) is 29.3 Å². The molecule has 1 unspecified atom stereocenters. The molecular formula is C18H14FNO3. The van der Waals surface area contributed by atoms with Crippen LogP contribution in [0.5, 0.6) is 11.5 Å². The maximum Gasteiger partial charge on any atom is 0.245 e. The van der Waals surface area contributed by atoms with Crippen molar-refractivity contribution in [1.82, 2.24) is 0 Å². The van der Waals surface area contributed by atoms with Crippen molar-refractivity contribution in [3.05, 3.63) is 52.8 Å².